The fourth-order valence-corrected chi connectivity index (χ4v) is 2.98. The van der Waals surface area contributed by atoms with Crippen LogP contribution in [0.25, 0.3) is 0 Å². The zero-order chi connectivity index (χ0) is 13.9. The molecule has 1 amide bonds. The highest BCUT2D eigenvalue weighted by Gasteiger charge is 2.31. The van der Waals surface area contributed by atoms with Crippen molar-refractivity contribution in [1.82, 2.24) is 15.1 Å². The van der Waals surface area contributed by atoms with E-state index in [1.54, 1.807) is 6.20 Å². The van der Waals surface area contributed by atoms with Crippen molar-refractivity contribution >= 4 is 11.6 Å². The number of hydrogen-bond acceptors (Lipinski definition) is 4. The first kappa shape index (κ1) is 13.6. The van der Waals surface area contributed by atoms with E-state index in [1.165, 1.54) is 0 Å². The number of piperidine rings is 1. The van der Waals surface area contributed by atoms with Gasteiger partial charge in [-0.3, -0.25) is 9.48 Å². The Hall–Kier alpha value is -1.40. The average Bonchev–Trinajstić information content (AvgIpc) is 3.09. The molecule has 3 rings (SSSR count). The summed E-state index contributed by atoms with van der Waals surface area (Å²) in [6.45, 7) is 4.69. The molecular weight excluding hydrogens is 256 g/mol. The van der Waals surface area contributed by atoms with Crippen LogP contribution in [0.15, 0.2) is 12.4 Å². The predicted molar refractivity (Wildman–Crippen MR) is 75.5 cm³/mol. The van der Waals surface area contributed by atoms with E-state index in [9.17, 15) is 4.79 Å². The topological polar surface area (TPSA) is 68.2 Å². The molecule has 3 heterocycles. The summed E-state index contributed by atoms with van der Waals surface area (Å²) in [6.07, 6.45) is 6.66. The fraction of sp³-hybridized carbons (Fsp3) is 0.714. The van der Waals surface area contributed by atoms with Crippen LogP contribution in [0.3, 0.4) is 0 Å². The lowest BCUT2D eigenvalue weighted by Gasteiger charge is -2.22. The summed E-state index contributed by atoms with van der Waals surface area (Å²) in [4.78, 5) is 12.2. The van der Waals surface area contributed by atoms with Crippen LogP contribution in [0.1, 0.15) is 32.2 Å². The van der Waals surface area contributed by atoms with Crippen molar-refractivity contribution in [3.63, 3.8) is 0 Å². The van der Waals surface area contributed by atoms with Gasteiger partial charge >= 0.3 is 0 Å². The van der Waals surface area contributed by atoms with Gasteiger partial charge in [-0.05, 0) is 39.3 Å². The highest BCUT2D eigenvalue weighted by Crippen LogP contribution is 2.23. The van der Waals surface area contributed by atoms with E-state index in [-0.39, 0.29) is 17.9 Å². The average molecular weight is 278 g/mol. The Morgan fingerprint density at radius 3 is 2.95 bits per heavy atom. The predicted octanol–water partition coefficient (Wildman–Crippen LogP) is 1.17. The highest BCUT2D eigenvalue weighted by molar-refractivity contribution is 5.92. The van der Waals surface area contributed by atoms with Crippen molar-refractivity contribution < 1.29 is 9.53 Å². The maximum Gasteiger partial charge on any atom is 0.230 e. The second kappa shape index (κ2) is 5.93. The first-order chi connectivity index (χ1) is 9.74. The Bertz CT molecular complexity index is 467. The molecule has 0 bridgehead atoms. The Morgan fingerprint density at radius 2 is 2.25 bits per heavy atom. The molecule has 2 aliphatic heterocycles. The second-order valence-corrected chi connectivity index (χ2v) is 5.65. The van der Waals surface area contributed by atoms with Gasteiger partial charge < -0.3 is 15.4 Å². The van der Waals surface area contributed by atoms with E-state index in [4.69, 9.17) is 4.74 Å². The third-order valence-corrected chi connectivity index (χ3v) is 4.26. The molecule has 0 aromatic carbocycles. The maximum absolute atomic E-state index is 12.2. The van der Waals surface area contributed by atoms with Gasteiger partial charge in [0.15, 0.2) is 0 Å². The minimum Gasteiger partial charge on any atom is -0.378 e. The Labute approximate surface area is 118 Å². The third kappa shape index (κ3) is 2.86. The van der Waals surface area contributed by atoms with Crippen LogP contribution < -0.4 is 10.6 Å². The van der Waals surface area contributed by atoms with E-state index >= 15 is 0 Å². The van der Waals surface area contributed by atoms with Gasteiger partial charge in [0.05, 0.1) is 29.9 Å². The summed E-state index contributed by atoms with van der Waals surface area (Å²) in [7, 11) is 0. The summed E-state index contributed by atoms with van der Waals surface area (Å²) in [6, 6.07) is 0.440. The first-order valence-corrected chi connectivity index (χ1v) is 7.41. The van der Waals surface area contributed by atoms with E-state index in [0.29, 0.717) is 12.6 Å². The van der Waals surface area contributed by atoms with E-state index in [1.807, 2.05) is 17.8 Å². The summed E-state index contributed by atoms with van der Waals surface area (Å²) >= 11 is 0. The molecule has 0 aliphatic carbocycles. The number of amides is 1. The molecule has 1 aromatic heterocycles. The summed E-state index contributed by atoms with van der Waals surface area (Å²) in [5.41, 5.74) is 0.785. The van der Waals surface area contributed by atoms with Crippen molar-refractivity contribution in [2.75, 3.05) is 25.0 Å². The molecule has 20 heavy (non-hydrogen) atoms. The number of aromatic nitrogens is 2. The highest BCUT2D eigenvalue weighted by atomic mass is 16.5. The molecule has 2 N–H and O–H groups in total. The molecule has 2 fully saturated rings. The van der Waals surface area contributed by atoms with Crippen LogP contribution in [0.4, 0.5) is 5.69 Å². The van der Waals surface area contributed by atoms with Gasteiger partial charge in [0, 0.05) is 12.8 Å². The quantitative estimate of drug-likeness (QED) is 0.871. The molecule has 2 atom stereocenters. The van der Waals surface area contributed by atoms with Crippen molar-refractivity contribution in [2.45, 2.75) is 38.3 Å². The molecule has 2 aliphatic rings. The normalized spacial score (nSPS) is 27.6. The number of nitrogens with zero attached hydrogens (tertiary/aromatic N) is 2. The van der Waals surface area contributed by atoms with E-state index < -0.39 is 0 Å². The minimum absolute atomic E-state index is 0.00876. The van der Waals surface area contributed by atoms with Crippen molar-refractivity contribution in [3.05, 3.63) is 12.4 Å². The zero-order valence-electron chi connectivity index (χ0n) is 11.8. The van der Waals surface area contributed by atoms with Crippen LogP contribution in [-0.4, -0.2) is 41.5 Å². The lowest BCUT2D eigenvalue weighted by Crippen LogP contribution is -2.29. The molecule has 2 saturated heterocycles. The molecule has 0 spiro atoms. The monoisotopic (exact) mass is 278 g/mol. The van der Waals surface area contributed by atoms with Gasteiger partial charge in [-0.2, -0.15) is 5.10 Å². The number of anilines is 1. The van der Waals surface area contributed by atoms with Crippen LogP contribution in [0, 0.1) is 5.92 Å². The second-order valence-electron chi connectivity index (χ2n) is 5.65. The molecule has 110 valence electrons. The molecule has 0 radical (unpaired) electrons. The van der Waals surface area contributed by atoms with Gasteiger partial charge in [0.2, 0.25) is 5.91 Å². The van der Waals surface area contributed by atoms with Gasteiger partial charge in [-0.1, -0.05) is 0 Å². The first-order valence-electron chi connectivity index (χ1n) is 7.41. The number of nitrogens with one attached hydrogen (secondary N) is 2. The van der Waals surface area contributed by atoms with Crippen molar-refractivity contribution in [1.29, 1.82) is 0 Å². The molecule has 2 unspecified atom stereocenters. The van der Waals surface area contributed by atoms with Crippen molar-refractivity contribution in [3.8, 4) is 0 Å². The summed E-state index contributed by atoms with van der Waals surface area (Å²) < 4.78 is 7.41. The number of rotatable bonds is 3. The molecule has 6 nitrogen and oxygen atoms in total. The van der Waals surface area contributed by atoms with Crippen LogP contribution in [-0.2, 0) is 9.53 Å². The van der Waals surface area contributed by atoms with Gasteiger partial charge in [0.1, 0.15) is 0 Å². The summed E-state index contributed by atoms with van der Waals surface area (Å²) in [5, 5.41) is 10.7. The number of ether oxygens (including phenoxy) is 1. The standard InChI is InChI=1S/C14H22N4O2/c1-10-13(4-7-20-10)14(19)17-11-8-16-18(9-11)12-2-5-15-6-3-12/h8-10,12-13,15H,2-7H2,1H3,(H,17,19). The lowest BCUT2D eigenvalue weighted by molar-refractivity contribution is -0.121. The minimum atomic E-state index is -0.0442. The Balaban J connectivity index is 1.60. The smallest absolute Gasteiger partial charge is 0.230 e. The van der Waals surface area contributed by atoms with Gasteiger partial charge in [-0.15, -0.1) is 0 Å². The molecule has 1 aromatic rings. The molecular formula is C14H22N4O2. The third-order valence-electron chi connectivity index (χ3n) is 4.26. The van der Waals surface area contributed by atoms with Crippen molar-refractivity contribution in [2.24, 2.45) is 5.92 Å². The number of carbonyl (C=O) groups is 1. The van der Waals surface area contributed by atoms with Crippen LogP contribution in [0.5, 0.6) is 0 Å². The fourth-order valence-electron chi connectivity index (χ4n) is 2.98. The summed E-state index contributed by atoms with van der Waals surface area (Å²) in [5.74, 6) is -0.00269. The number of carbonyl (C=O) groups excluding carboxylic acids is 1. The lowest BCUT2D eigenvalue weighted by atomic mass is 10.0. The van der Waals surface area contributed by atoms with Gasteiger partial charge in [0.25, 0.3) is 0 Å². The zero-order valence-corrected chi connectivity index (χ0v) is 11.8. The van der Waals surface area contributed by atoms with Crippen LogP contribution in [0.2, 0.25) is 0 Å². The largest absolute Gasteiger partial charge is 0.378 e. The van der Waals surface area contributed by atoms with E-state index in [2.05, 4.69) is 15.7 Å². The molecule has 0 saturated carbocycles. The maximum atomic E-state index is 12.2. The van der Waals surface area contributed by atoms with E-state index in [0.717, 1.165) is 38.0 Å². The van der Waals surface area contributed by atoms with Gasteiger partial charge in [-0.25, -0.2) is 0 Å². The SMILES string of the molecule is CC1OCCC1C(=O)Nc1cnn(C2CCNCC2)c1. The van der Waals surface area contributed by atoms with Crippen LogP contribution >= 0.6 is 0 Å². The molecule has 6 heteroatoms. The number of hydrogen-bond donors (Lipinski definition) is 2. The Morgan fingerprint density at radius 1 is 1.45 bits per heavy atom. The Kier molecular flexibility index (Phi) is 4.03.